The maximum absolute atomic E-state index is 11.2. The van der Waals surface area contributed by atoms with E-state index in [2.05, 4.69) is 14.8 Å². The second kappa shape index (κ2) is 4.62. The third-order valence-electron chi connectivity index (χ3n) is 2.18. The van der Waals surface area contributed by atoms with Gasteiger partial charge in [0.05, 0.1) is 17.7 Å². The van der Waals surface area contributed by atoms with Crippen LogP contribution in [0.25, 0.3) is 5.69 Å². The molecule has 1 aromatic heterocycles. The number of nitrogens with zero attached hydrogens (tertiary/aromatic N) is 4. The number of esters is 1. The molecule has 0 aliphatic rings. The predicted molar refractivity (Wildman–Crippen MR) is 59.4 cm³/mol. The van der Waals surface area contributed by atoms with Crippen LogP contribution in [0.4, 0.5) is 5.69 Å². The molecule has 0 fully saturated rings. The number of hydrogen-bond donors (Lipinski definition) is 0. The van der Waals surface area contributed by atoms with Crippen molar-refractivity contribution in [3.8, 4) is 5.69 Å². The molecule has 2 aromatic rings. The topological polar surface area (TPSA) is 100 Å². The number of carbonyl (C=O) groups is 1. The first-order chi connectivity index (χ1) is 8.61. The molecule has 0 radical (unpaired) electrons. The predicted octanol–water partition coefficient (Wildman–Crippen LogP) is 0.962. The number of methoxy groups -OCH3 is 1. The highest BCUT2D eigenvalue weighted by Gasteiger charge is 2.12. The van der Waals surface area contributed by atoms with Gasteiger partial charge in [-0.05, 0) is 12.1 Å². The molecule has 8 nitrogen and oxygen atoms in total. The lowest BCUT2D eigenvalue weighted by Crippen LogP contribution is -2.05. The van der Waals surface area contributed by atoms with Crippen molar-refractivity contribution in [3.63, 3.8) is 0 Å². The summed E-state index contributed by atoms with van der Waals surface area (Å²) in [5.41, 5.74) is 0.537. The van der Waals surface area contributed by atoms with Crippen LogP contribution in [0.2, 0.25) is 0 Å². The van der Waals surface area contributed by atoms with Gasteiger partial charge < -0.3 is 4.74 Å². The van der Waals surface area contributed by atoms with E-state index < -0.39 is 10.9 Å². The van der Waals surface area contributed by atoms with Crippen LogP contribution in [0, 0.1) is 10.1 Å². The Morgan fingerprint density at radius 1 is 1.39 bits per heavy atom. The SMILES string of the molecule is COC(=O)c1ncn(-c2ccc([N+](=O)[O-])cc2)n1. The van der Waals surface area contributed by atoms with Crippen molar-refractivity contribution in [1.29, 1.82) is 0 Å². The number of ether oxygens (including phenoxy) is 1. The van der Waals surface area contributed by atoms with E-state index in [1.54, 1.807) is 0 Å². The summed E-state index contributed by atoms with van der Waals surface area (Å²) in [6, 6.07) is 5.70. The van der Waals surface area contributed by atoms with Crippen LogP contribution in [0.1, 0.15) is 10.6 Å². The molecule has 1 heterocycles. The number of non-ortho nitro benzene ring substituents is 1. The number of aromatic nitrogens is 3. The van der Waals surface area contributed by atoms with Crippen molar-refractivity contribution in [2.45, 2.75) is 0 Å². The zero-order chi connectivity index (χ0) is 13.1. The first-order valence-electron chi connectivity index (χ1n) is 4.86. The fourth-order valence-corrected chi connectivity index (χ4v) is 1.30. The lowest BCUT2D eigenvalue weighted by molar-refractivity contribution is -0.384. The Balaban J connectivity index is 2.29. The van der Waals surface area contributed by atoms with Crippen molar-refractivity contribution in [2.75, 3.05) is 7.11 Å². The smallest absolute Gasteiger partial charge is 0.377 e. The lowest BCUT2D eigenvalue weighted by Gasteiger charge is -1.98. The maximum atomic E-state index is 11.2. The largest absolute Gasteiger partial charge is 0.463 e. The quantitative estimate of drug-likeness (QED) is 0.455. The fourth-order valence-electron chi connectivity index (χ4n) is 1.30. The number of nitro benzene ring substituents is 1. The molecule has 0 aliphatic carbocycles. The Morgan fingerprint density at radius 3 is 2.61 bits per heavy atom. The first kappa shape index (κ1) is 11.7. The summed E-state index contributed by atoms with van der Waals surface area (Å²) in [5, 5.41) is 14.4. The molecule has 8 heteroatoms. The van der Waals surface area contributed by atoms with E-state index in [1.165, 1.54) is 42.4 Å². The van der Waals surface area contributed by atoms with E-state index in [0.717, 1.165) is 0 Å². The number of rotatable bonds is 3. The van der Waals surface area contributed by atoms with E-state index in [9.17, 15) is 14.9 Å². The van der Waals surface area contributed by atoms with Crippen molar-refractivity contribution in [2.24, 2.45) is 0 Å². The summed E-state index contributed by atoms with van der Waals surface area (Å²) >= 11 is 0. The van der Waals surface area contributed by atoms with Crippen LogP contribution in [0.15, 0.2) is 30.6 Å². The normalized spacial score (nSPS) is 10.1. The molecule has 0 aliphatic heterocycles. The molecule has 0 saturated heterocycles. The molecule has 1 aromatic carbocycles. The molecule has 92 valence electrons. The zero-order valence-corrected chi connectivity index (χ0v) is 9.31. The van der Waals surface area contributed by atoms with Crippen LogP contribution < -0.4 is 0 Å². The Kier molecular flexibility index (Phi) is 3.00. The minimum absolute atomic E-state index is 0.0212. The van der Waals surface area contributed by atoms with Gasteiger partial charge in [-0.2, -0.15) is 0 Å². The Bertz CT molecular complexity index is 590. The Hall–Kier alpha value is -2.77. The van der Waals surface area contributed by atoms with Gasteiger partial charge in [0.1, 0.15) is 6.33 Å². The van der Waals surface area contributed by atoms with Crippen LogP contribution >= 0.6 is 0 Å². The van der Waals surface area contributed by atoms with E-state index in [-0.39, 0.29) is 11.5 Å². The van der Waals surface area contributed by atoms with Gasteiger partial charge in [0.2, 0.25) is 0 Å². The van der Waals surface area contributed by atoms with Gasteiger partial charge in [-0.15, -0.1) is 5.10 Å². The zero-order valence-electron chi connectivity index (χ0n) is 9.31. The molecule has 0 bridgehead atoms. The number of hydrogen-bond acceptors (Lipinski definition) is 6. The second-order valence-corrected chi connectivity index (χ2v) is 3.28. The van der Waals surface area contributed by atoms with E-state index in [4.69, 9.17) is 0 Å². The molecule has 0 amide bonds. The molecule has 18 heavy (non-hydrogen) atoms. The summed E-state index contributed by atoms with van der Waals surface area (Å²) in [6.07, 6.45) is 1.33. The number of carbonyl (C=O) groups excluding carboxylic acids is 1. The standard InChI is InChI=1S/C10H8N4O4/c1-18-10(15)9-11-6-13(12-9)7-2-4-8(5-3-7)14(16)17/h2-6H,1H3. The molecular weight excluding hydrogens is 240 g/mol. The van der Waals surface area contributed by atoms with Gasteiger partial charge in [0.15, 0.2) is 0 Å². The highest BCUT2D eigenvalue weighted by molar-refractivity contribution is 5.84. The summed E-state index contributed by atoms with van der Waals surface area (Å²) in [4.78, 5) is 24.9. The molecule has 2 rings (SSSR count). The molecule has 0 saturated carbocycles. The van der Waals surface area contributed by atoms with Crippen molar-refractivity contribution < 1.29 is 14.5 Å². The molecular formula is C10H8N4O4. The second-order valence-electron chi connectivity index (χ2n) is 3.28. The minimum Gasteiger partial charge on any atom is -0.463 e. The number of benzene rings is 1. The minimum atomic E-state index is -0.643. The molecule has 0 unspecified atom stereocenters. The third kappa shape index (κ3) is 2.17. The van der Waals surface area contributed by atoms with Crippen LogP contribution in [-0.4, -0.2) is 32.8 Å². The Labute approximate surface area is 101 Å². The van der Waals surface area contributed by atoms with Gasteiger partial charge in [-0.1, -0.05) is 0 Å². The average Bonchev–Trinajstić information content (AvgIpc) is 2.87. The van der Waals surface area contributed by atoms with Crippen LogP contribution in [-0.2, 0) is 4.74 Å². The molecule has 0 N–H and O–H groups in total. The number of nitro groups is 1. The van der Waals surface area contributed by atoms with Gasteiger partial charge in [0.25, 0.3) is 11.5 Å². The fraction of sp³-hybridized carbons (Fsp3) is 0.100. The van der Waals surface area contributed by atoms with Gasteiger partial charge in [-0.3, -0.25) is 10.1 Å². The summed E-state index contributed by atoms with van der Waals surface area (Å²) < 4.78 is 5.80. The monoisotopic (exact) mass is 248 g/mol. The maximum Gasteiger partial charge on any atom is 0.377 e. The Morgan fingerprint density at radius 2 is 2.06 bits per heavy atom. The van der Waals surface area contributed by atoms with Crippen molar-refractivity contribution >= 4 is 11.7 Å². The average molecular weight is 248 g/mol. The summed E-state index contributed by atoms with van der Waals surface area (Å²) in [5.74, 6) is -0.716. The molecule has 0 atom stereocenters. The van der Waals surface area contributed by atoms with Gasteiger partial charge in [0, 0.05) is 12.1 Å². The van der Waals surface area contributed by atoms with Crippen LogP contribution in [0.5, 0.6) is 0 Å². The van der Waals surface area contributed by atoms with E-state index in [1.807, 2.05) is 0 Å². The van der Waals surface area contributed by atoms with Crippen LogP contribution in [0.3, 0.4) is 0 Å². The van der Waals surface area contributed by atoms with E-state index in [0.29, 0.717) is 5.69 Å². The van der Waals surface area contributed by atoms with Gasteiger partial charge >= 0.3 is 5.97 Å². The first-order valence-corrected chi connectivity index (χ1v) is 4.86. The lowest BCUT2D eigenvalue weighted by atomic mass is 10.3. The highest BCUT2D eigenvalue weighted by Crippen LogP contribution is 2.14. The third-order valence-corrected chi connectivity index (χ3v) is 2.18. The summed E-state index contributed by atoms with van der Waals surface area (Å²) in [6.45, 7) is 0. The van der Waals surface area contributed by atoms with Crippen molar-refractivity contribution in [3.05, 3.63) is 46.5 Å². The molecule has 0 spiro atoms. The van der Waals surface area contributed by atoms with Crippen molar-refractivity contribution in [1.82, 2.24) is 14.8 Å². The highest BCUT2D eigenvalue weighted by atomic mass is 16.6. The van der Waals surface area contributed by atoms with Gasteiger partial charge in [-0.25, -0.2) is 14.5 Å². The van der Waals surface area contributed by atoms with E-state index >= 15 is 0 Å². The summed E-state index contributed by atoms with van der Waals surface area (Å²) in [7, 11) is 1.23.